The van der Waals surface area contributed by atoms with Gasteiger partial charge in [0.25, 0.3) is 0 Å². The maximum atomic E-state index is 13.1. The van der Waals surface area contributed by atoms with Crippen molar-refractivity contribution in [1.29, 1.82) is 0 Å². The Bertz CT molecular complexity index is 588. The van der Waals surface area contributed by atoms with Crippen molar-refractivity contribution < 1.29 is 9.13 Å². The van der Waals surface area contributed by atoms with E-state index in [1.807, 2.05) is 18.2 Å². The first-order chi connectivity index (χ1) is 9.58. The Hall–Kier alpha value is -1.58. The van der Waals surface area contributed by atoms with Crippen LogP contribution in [0.15, 0.2) is 42.5 Å². The average molecular weight is 294 g/mol. The van der Waals surface area contributed by atoms with Crippen molar-refractivity contribution in [2.24, 2.45) is 5.73 Å². The maximum absolute atomic E-state index is 13.1. The molecule has 0 aliphatic carbocycles. The summed E-state index contributed by atoms with van der Waals surface area (Å²) in [4.78, 5) is 0. The average Bonchev–Trinajstić information content (AvgIpc) is 2.38. The van der Waals surface area contributed by atoms with Crippen LogP contribution in [0.3, 0.4) is 0 Å². The van der Waals surface area contributed by atoms with Crippen molar-refractivity contribution in [1.82, 2.24) is 0 Å². The van der Waals surface area contributed by atoms with Crippen molar-refractivity contribution in [2.75, 3.05) is 7.11 Å². The van der Waals surface area contributed by atoms with Gasteiger partial charge in [0.2, 0.25) is 0 Å². The Morgan fingerprint density at radius 2 is 2.00 bits per heavy atom. The normalized spacial score (nSPS) is 12.2. The number of benzene rings is 2. The molecule has 0 fully saturated rings. The summed E-state index contributed by atoms with van der Waals surface area (Å²) in [5.74, 6) is 0.527. The predicted octanol–water partition coefficient (Wildman–Crippen LogP) is 3.60. The van der Waals surface area contributed by atoms with Crippen LogP contribution in [0.4, 0.5) is 4.39 Å². The topological polar surface area (TPSA) is 35.2 Å². The second kappa shape index (κ2) is 6.73. The summed E-state index contributed by atoms with van der Waals surface area (Å²) < 4.78 is 18.4. The lowest BCUT2D eigenvalue weighted by Crippen LogP contribution is -2.25. The third-order valence-corrected chi connectivity index (χ3v) is 3.35. The monoisotopic (exact) mass is 293 g/mol. The van der Waals surface area contributed by atoms with Gasteiger partial charge in [0, 0.05) is 11.1 Å². The van der Waals surface area contributed by atoms with Gasteiger partial charge < -0.3 is 10.5 Å². The van der Waals surface area contributed by atoms with Crippen LogP contribution in [-0.2, 0) is 12.8 Å². The fourth-order valence-electron chi connectivity index (χ4n) is 2.23. The number of nitrogens with two attached hydrogens (primary N) is 1. The highest BCUT2D eigenvalue weighted by Gasteiger charge is 2.10. The van der Waals surface area contributed by atoms with Crippen molar-refractivity contribution in [3.63, 3.8) is 0 Å². The number of hydrogen-bond donors (Lipinski definition) is 1. The van der Waals surface area contributed by atoms with Crippen molar-refractivity contribution in [3.05, 3.63) is 64.4 Å². The second-order valence-corrected chi connectivity index (χ2v) is 5.19. The largest absolute Gasteiger partial charge is 0.496 e. The molecule has 20 heavy (non-hydrogen) atoms. The number of halogens is 2. The highest BCUT2D eigenvalue weighted by Crippen LogP contribution is 2.24. The standard InChI is InChI=1S/C16H17ClFNO/c1-20-16-6-5-13(17)9-12(16)10-15(19)8-11-3-2-4-14(18)7-11/h2-7,9,15H,8,10,19H2,1H3. The number of methoxy groups -OCH3 is 1. The molecule has 1 unspecified atom stereocenters. The van der Waals surface area contributed by atoms with E-state index in [0.29, 0.717) is 17.9 Å². The molecule has 2 aromatic rings. The van der Waals surface area contributed by atoms with Gasteiger partial charge in [-0.25, -0.2) is 4.39 Å². The Kier molecular flexibility index (Phi) is 4.99. The molecule has 1 atom stereocenters. The van der Waals surface area contributed by atoms with E-state index in [9.17, 15) is 4.39 Å². The van der Waals surface area contributed by atoms with Crippen LogP contribution in [0.2, 0.25) is 5.02 Å². The molecule has 0 bridgehead atoms. The van der Waals surface area contributed by atoms with Gasteiger partial charge in [-0.15, -0.1) is 0 Å². The van der Waals surface area contributed by atoms with Gasteiger partial charge in [-0.1, -0.05) is 23.7 Å². The van der Waals surface area contributed by atoms with Crippen molar-refractivity contribution >= 4 is 11.6 Å². The zero-order valence-electron chi connectivity index (χ0n) is 11.3. The van der Waals surface area contributed by atoms with E-state index in [4.69, 9.17) is 22.1 Å². The van der Waals surface area contributed by atoms with Crippen LogP contribution >= 0.6 is 11.6 Å². The van der Waals surface area contributed by atoms with E-state index in [-0.39, 0.29) is 11.9 Å². The van der Waals surface area contributed by atoms with Gasteiger partial charge in [-0.2, -0.15) is 0 Å². The number of hydrogen-bond acceptors (Lipinski definition) is 2. The summed E-state index contributed by atoms with van der Waals surface area (Å²) in [7, 11) is 1.62. The van der Waals surface area contributed by atoms with Gasteiger partial charge in [0.1, 0.15) is 11.6 Å². The summed E-state index contributed by atoms with van der Waals surface area (Å²) in [5.41, 5.74) is 7.99. The summed E-state index contributed by atoms with van der Waals surface area (Å²) in [5, 5.41) is 0.652. The number of ether oxygens (including phenoxy) is 1. The summed E-state index contributed by atoms with van der Waals surface area (Å²) in [6.07, 6.45) is 1.23. The summed E-state index contributed by atoms with van der Waals surface area (Å²) in [6, 6.07) is 11.8. The molecule has 4 heteroatoms. The van der Waals surface area contributed by atoms with Crippen molar-refractivity contribution in [3.8, 4) is 5.75 Å². The Balaban J connectivity index is 2.08. The van der Waals surface area contributed by atoms with E-state index in [1.54, 1.807) is 19.2 Å². The molecule has 2 rings (SSSR count). The van der Waals surface area contributed by atoms with Crippen LogP contribution in [0.25, 0.3) is 0 Å². The molecular weight excluding hydrogens is 277 g/mol. The minimum Gasteiger partial charge on any atom is -0.496 e. The minimum absolute atomic E-state index is 0.121. The predicted molar refractivity (Wildman–Crippen MR) is 79.8 cm³/mol. The third kappa shape index (κ3) is 3.95. The van der Waals surface area contributed by atoms with Gasteiger partial charge >= 0.3 is 0 Å². The molecule has 0 amide bonds. The molecule has 0 spiro atoms. The van der Waals surface area contributed by atoms with Gasteiger partial charge in [0.15, 0.2) is 0 Å². The minimum atomic E-state index is -0.241. The second-order valence-electron chi connectivity index (χ2n) is 4.75. The lowest BCUT2D eigenvalue weighted by Gasteiger charge is -2.15. The Morgan fingerprint density at radius 1 is 1.20 bits per heavy atom. The quantitative estimate of drug-likeness (QED) is 0.914. The van der Waals surface area contributed by atoms with Gasteiger partial charge in [-0.05, 0) is 54.3 Å². The zero-order valence-corrected chi connectivity index (χ0v) is 12.0. The highest BCUT2D eigenvalue weighted by molar-refractivity contribution is 6.30. The molecule has 106 valence electrons. The van der Waals surface area contributed by atoms with Crippen molar-refractivity contribution in [2.45, 2.75) is 18.9 Å². The van der Waals surface area contributed by atoms with E-state index in [1.165, 1.54) is 12.1 Å². The van der Waals surface area contributed by atoms with Crippen LogP contribution < -0.4 is 10.5 Å². The fraction of sp³-hybridized carbons (Fsp3) is 0.250. The Labute approximate surface area is 123 Å². The molecule has 0 aliphatic rings. The van der Waals surface area contributed by atoms with E-state index in [0.717, 1.165) is 16.9 Å². The summed E-state index contributed by atoms with van der Waals surface area (Å²) in [6.45, 7) is 0. The summed E-state index contributed by atoms with van der Waals surface area (Å²) >= 11 is 5.99. The van der Waals surface area contributed by atoms with Crippen LogP contribution in [-0.4, -0.2) is 13.2 Å². The van der Waals surface area contributed by atoms with E-state index < -0.39 is 0 Å². The van der Waals surface area contributed by atoms with Crippen LogP contribution in [0.5, 0.6) is 5.75 Å². The Morgan fingerprint density at radius 3 is 2.70 bits per heavy atom. The molecule has 0 heterocycles. The van der Waals surface area contributed by atoms with Crippen LogP contribution in [0.1, 0.15) is 11.1 Å². The lowest BCUT2D eigenvalue weighted by atomic mass is 9.99. The highest BCUT2D eigenvalue weighted by atomic mass is 35.5. The smallest absolute Gasteiger partial charge is 0.123 e. The molecule has 2 nitrogen and oxygen atoms in total. The SMILES string of the molecule is COc1ccc(Cl)cc1CC(N)Cc1cccc(F)c1. The van der Waals surface area contributed by atoms with Crippen LogP contribution in [0, 0.1) is 5.82 Å². The molecule has 2 aromatic carbocycles. The molecule has 0 saturated heterocycles. The lowest BCUT2D eigenvalue weighted by molar-refractivity contribution is 0.408. The van der Waals surface area contributed by atoms with E-state index >= 15 is 0 Å². The van der Waals surface area contributed by atoms with Gasteiger partial charge in [-0.3, -0.25) is 0 Å². The molecule has 0 aromatic heterocycles. The first-order valence-corrected chi connectivity index (χ1v) is 6.78. The molecular formula is C16H17ClFNO. The molecule has 0 radical (unpaired) electrons. The van der Waals surface area contributed by atoms with Gasteiger partial charge in [0.05, 0.1) is 7.11 Å². The molecule has 0 saturated carbocycles. The first kappa shape index (κ1) is 14.8. The maximum Gasteiger partial charge on any atom is 0.123 e. The van der Waals surface area contributed by atoms with E-state index in [2.05, 4.69) is 0 Å². The first-order valence-electron chi connectivity index (χ1n) is 6.41. The third-order valence-electron chi connectivity index (χ3n) is 3.11. The zero-order chi connectivity index (χ0) is 14.5. The fourth-order valence-corrected chi connectivity index (χ4v) is 2.42. The molecule has 2 N–H and O–H groups in total. The molecule has 0 aliphatic heterocycles. The number of rotatable bonds is 5.